The Bertz CT molecular complexity index is 396. The summed E-state index contributed by atoms with van der Waals surface area (Å²) in [7, 11) is 1.94. The van der Waals surface area contributed by atoms with Crippen molar-refractivity contribution in [1.82, 2.24) is 5.32 Å². The summed E-state index contributed by atoms with van der Waals surface area (Å²) in [6.07, 6.45) is 9.17. The van der Waals surface area contributed by atoms with E-state index < -0.39 is 0 Å². The van der Waals surface area contributed by atoms with Gasteiger partial charge in [0, 0.05) is 11.6 Å². The lowest BCUT2D eigenvalue weighted by molar-refractivity contribution is 0.316. The van der Waals surface area contributed by atoms with Crippen LogP contribution in [-0.2, 0) is 0 Å². The number of aryl methyl sites for hydroxylation is 1. The third-order valence-corrected chi connectivity index (χ3v) is 4.46. The SMILES string of the molecule is CNC(CCC1CCCCC1)c1cc(C)ccc1F. The predicted octanol–water partition coefficient (Wildman–Crippen LogP) is 4.76. The molecule has 1 saturated carbocycles. The first-order valence-corrected chi connectivity index (χ1v) is 7.64. The zero-order valence-electron chi connectivity index (χ0n) is 12.2. The van der Waals surface area contributed by atoms with E-state index in [1.165, 1.54) is 38.5 Å². The highest BCUT2D eigenvalue weighted by Gasteiger charge is 2.18. The van der Waals surface area contributed by atoms with Gasteiger partial charge in [0.1, 0.15) is 5.82 Å². The number of benzene rings is 1. The van der Waals surface area contributed by atoms with Crippen LogP contribution in [-0.4, -0.2) is 7.05 Å². The Hall–Kier alpha value is -0.890. The van der Waals surface area contributed by atoms with Gasteiger partial charge in [0.2, 0.25) is 0 Å². The van der Waals surface area contributed by atoms with E-state index in [0.29, 0.717) is 0 Å². The van der Waals surface area contributed by atoms with Crippen LogP contribution in [0.3, 0.4) is 0 Å². The fraction of sp³-hybridized carbons (Fsp3) is 0.647. The smallest absolute Gasteiger partial charge is 0.127 e. The minimum Gasteiger partial charge on any atom is -0.313 e. The molecule has 1 aromatic rings. The molecule has 1 unspecified atom stereocenters. The highest BCUT2D eigenvalue weighted by atomic mass is 19.1. The van der Waals surface area contributed by atoms with Crippen LogP contribution in [0.5, 0.6) is 0 Å². The van der Waals surface area contributed by atoms with Gasteiger partial charge in [-0.05, 0) is 38.8 Å². The van der Waals surface area contributed by atoms with Crippen LogP contribution in [0, 0.1) is 18.7 Å². The van der Waals surface area contributed by atoms with Crippen molar-refractivity contribution in [1.29, 1.82) is 0 Å². The topological polar surface area (TPSA) is 12.0 Å². The monoisotopic (exact) mass is 263 g/mol. The van der Waals surface area contributed by atoms with Crippen LogP contribution >= 0.6 is 0 Å². The van der Waals surface area contributed by atoms with E-state index in [-0.39, 0.29) is 11.9 Å². The molecule has 1 nitrogen and oxygen atoms in total. The van der Waals surface area contributed by atoms with Crippen molar-refractivity contribution < 1.29 is 4.39 Å². The maximum Gasteiger partial charge on any atom is 0.127 e. The molecule has 0 amide bonds. The molecule has 0 bridgehead atoms. The molecular weight excluding hydrogens is 237 g/mol. The average Bonchev–Trinajstić information content (AvgIpc) is 2.44. The Morgan fingerprint density at radius 2 is 2.00 bits per heavy atom. The number of hydrogen-bond donors (Lipinski definition) is 1. The van der Waals surface area contributed by atoms with Crippen LogP contribution in [0.2, 0.25) is 0 Å². The van der Waals surface area contributed by atoms with Crippen molar-refractivity contribution in [3.63, 3.8) is 0 Å². The zero-order chi connectivity index (χ0) is 13.7. The summed E-state index contributed by atoms with van der Waals surface area (Å²) in [4.78, 5) is 0. The second kappa shape index (κ2) is 7.04. The Labute approximate surface area is 116 Å². The lowest BCUT2D eigenvalue weighted by atomic mass is 9.84. The third-order valence-electron chi connectivity index (χ3n) is 4.46. The molecule has 1 aromatic carbocycles. The maximum absolute atomic E-state index is 13.9. The first-order valence-electron chi connectivity index (χ1n) is 7.64. The van der Waals surface area contributed by atoms with Gasteiger partial charge in [-0.2, -0.15) is 0 Å². The van der Waals surface area contributed by atoms with Crippen LogP contribution in [0.25, 0.3) is 0 Å². The van der Waals surface area contributed by atoms with Crippen LogP contribution in [0.15, 0.2) is 18.2 Å². The molecule has 0 radical (unpaired) electrons. The van der Waals surface area contributed by atoms with E-state index >= 15 is 0 Å². The fourth-order valence-electron chi connectivity index (χ4n) is 3.26. The minimum atomic E-state index is -0.0754. The Balaban J connectivity index is 1.97. The third kappa shape index (κ3) is 4.04. The second-order valence-electron chi connectivity index (χ2n) is 5.95. The molecule has 106 valence electrons. The molecule has 0 saturated heterocycles. The minimum absolute atomic E-state index is 0.0754. The number of hydrogen-bond acceptors (Lipinski definition) is 1. The molecule has 0 spiro atoms. The first-order chi connectivity index (χ1) is 9.20. The van der Waals surface area contributed by atoms with Crippen molar-refractivity contribution in [3.8, 4) is 0 Å². The van der Waals surface area contributed by atoms with E-state index in [1.54, 1.807) is 6.07 Å². The van der Waals surface area contributed by atoms with Crippen molar-refractivity contribution in [2.75, 3.05) is 7.05 Å². The number of rotatable bonds is 5. The molecule has 1 fully saturated rings. The molecule has 19 heavy (non-hydrogen) atoms. The number of nitrogens with one attached hydrogen (secondary N) is 1. The molecule has 0 aliphatic heterocycles. The summed E-state index contributed by atoms with van der Waals surface area (Å²) in [5.74, 6) is 0.783. The summed E-state index contributed by atoms with van der Waals surface area (Å²) >= 11 is 0. The van der Waals surface area contributed by atoms with Crippen molar-refractivity contribution >= 4 is 0 Å². The molecule has 0 aromatic heterocycles. The quantitative estimate of drug-likeness (QED) is 0.808. The van der Waals surface area contributed by atoms with Gasteiger partial charge in [0.15, 0.2) is 0 Å². The Morgan fingerprint density at radius 1 is 1.26 bits per heavy atom. The van der Waals surface area contributed by atoms with Gasteiger partial charge < -0.3 is 5.32 Å². The molecule has 1 aliphatic carbocycles. The summed E-state index contributed by atoms with van der Waals surface area (Å²) in [6.45, 7) is 2.02. The Kier molecular flexibility index (Phi) is 5.38. The van der Waals surface area contributed by atoms with E-state index in [4.69, 9.17) is 0 Å². The van der Waals surface area contributed by atoms with Gasteiger partial charge in [-0.15, -0.1) is 0 Å². The van der Waals surface area contributed by atoms with Crippen LogP contribution < -0.4 is 5.32 Å². The lowest BCUT2D eigenvalue weighted by Gasteiger charge is -2.24. The molecule has 1 atom stereocenters. The Morgan fingerprint density at radius 3 is 2.68 bits per heavy atom. The highest BCUT2D eigenvalue weighted by Crippen LogP contribution is 2.31. The summed E-state index contributed by atoms with van der Waals surface area (Å²) in [6, 6.07) is 5.57. The first kappa shape index (κ1) is 14.5. The normalized spacial score (nSPS) is 18.5. The molecule has 2 rings (SSSR count). The zero-order valence-corrected chi connectivity index (χ0v) is 12.2. The van der Waals surface area contributed by atoms with Crippen molar-refractivity contribution in [2.45, 2.75) is 57.9 Å². The molecule has 0 heterocycles. The van der Waals surface area contributed by atoms with E-state index in [1.807, 2.05) is 26.1 Å². The van der Waals surface area contributed by atoms with Gasteiger partial charge in [-0.25, -0.2) is 4.39 Å². The molecule has 1 aliphatic rings. The molecule has 1 N–H and O–H groups in total. The molecular formula is C17H26FN. The van der Waals surface area contributed by atoms with Crippen LogP contribution in [0.4, 0.5) is 4.39 Å². The predicted molar refractivity (Wildman–Crippen MR) is 78.7 cm³/mol. The summed E-state index contributed by atoms with van der Waals surface area (Å²) in [5, 5.41) is 3.29. The summed E-state index contributed by atoms with van der Waals surface area (Å²) in [5.41, 5.74) is 1.97. The van der Waals surface area contributed by atoms with Gasteiger partial charge in [0.25, 0.3) is 0 Å². The van der Waals surface area contributed by atoms with Gasteiger partial charge >= 0.3 is 0 Å². The van der Waals surface area contributed by atoms with Gasteiger partial charge in [-0.1, -0.05) is 49.8 Å². The molecule has 2 heteroatoms. The second-order valence-corrected chi connectivity index (χ2v) is 5.95. The number of halogens is 1. The van der Waals surface area contributed by atoms with E-state index in [2.05, 4.69) is 5.32 Å². The highest BCUT2D eigenvalue weighted by molar-refractivity contribution is 5.26. The van der Waals surface area contributed by atoms with Gasteiger partial charge in [0.05, 0.1) is 0 Å². The van der Waals surface area contributed by atoms with Crippen LogP contribution in [0.1, 0.15) is 62.1 Å². The van der Waals surface area contributed by atoms with Crippen molar-refractivity contribution in [2.24, 2.45) is 5.92 Å². The average molecular weight is 263 g/mol. The van der Waals surface area contributed by atoms with Crippen molar-refractivity contribution in [3.05, 3.63) is 35.1 Å². The standard InChI is InChI=1S/C17H26FN/c1-13-8-10-16(18)15(12-13)17(19-2)11-9-14-6-4-3-5-7-14/h8,10,12,14,17,19H,3-7,9,11H2,1-2H3. The van der Waals surface area contributed by atoms with Gasteiger partial charge in [-0.3, -0.25) is 0 Å². The maximum atomic E-state index is 13.9. The summed E-state index contributed by atoms with van der Waals surface area (Å²) < 4.78 is 13.9. The van der Waals surface area contributed by atoms with E-state index in [9.17, 15) is 4.39 Å². The fourth-order valence-corrected chi connectivity index (χ4v) is 3.26. The van der Waals surface area contributed by atoms with E-state index in [0.717, 1.165) is 23.5 Å². The lowest BCUT2D eigenvalue weighted by Crippen LogP contribution is -2.19. The largest absolute Gasteiger partial charge is 0.313 e.